The molecule has 2 heterocycles. The van der Waals surface area contributed by atoms with Gasteiger partial charge in [-0.25, -0.2) is 0 Å². The SMILES string of the molecule is O=C(O)C1C2=C(CCCCCC2)Sc2cc(-c3nn[nH]n3)ccc21. The molecule has 2 N–H and O–H groups in total. The van der Waals surface area contributed by atoms with Gasteiger partial charge in [-0.2, -0.15) is 5.21 Å². The van der Waals surface area contributed by atoms with Gasteiger partial charge in [-0.3, -0.25) is 4.79 Å². The molecule has 1 unspecified atom stereocenters. The van der Waals surface area contributed by atoms with Gasteiger partial charge < -0.3 is 5.11 Å². The second kappa shape index (κ2) is 6.39. The molecule has 7 heteroatoms. The van der Waals surface area contributed by atoms with Gasteiger partial charge in [0.25, 0.3) is 0 Å². The molecule has 0 bridgehead atoms. The van der Waals surface area contributed by atoms with Crippen molar-refractivity contribution < 1.29 is 9.90 Å². The van der Waals surface area contributed by atoms with Crippen molar-refractivity contribution in [1.29, 1.82) is 0 Å². The number of allylic oxidation sites excluding steroid dienone is 1. The second-order valence-electron chi connectivity index (χ2n) is 6.22. The van der Waals surface area contributed by atoms with Crippen LogP contribution in [-0.2, 0) is 4.79 Å². The number of benzene rings is 1. The van der Waals surface area contributed by atoms with Crippen molar-refractivity contribution in [3.8, 4) is 11.4 Å². The molecule has 0 fully saturated rings. The third-order valence-electron chi connectivity index (χ3n) is 4.71. The fourth-order valence-electron chi connectivity index (χ4n) is 3.56. The number of H-pyrrole nitrogens is 1. The van der Waals surface area contributed by atoms with Gasteiger partial charge in [-0.05, 0) is 53.0 Å². The highest BCUT2D eigenvalue weighted by Gasteiger charge is 2.33. The zero-order valence-electron chi connectivity index (χ0n) is 13.2. The van der Waals surface area contributed by atoms with E-state index in [2.05, 4.69) is 20.6 Å². The summed E-state index contributed by atoms with van der Waals surface area (Å²) in [5.74, 6) is -0.742. The van der Waals surface area contributed by atoms with E-state index in [1.54, 1.807) is 11.8 Å². The van der Waals surface area contributed by atoms with Gasteiger partial charge in [0.1, 0.15) is 5.92 Å². The van der Waals surface area contributed by atoms with Crippen molar-refractivity contribution in [2.24, 2.45) is 0 Å². The maximum absolute atomic E-state index is 12.0. The number of carboxylic acid groups (broad SMARTS) is 1. The molecule has 1 aromatic carbocycles. The summed E-state index contributed by atoms with van der Waals surface area (Å²) in [7, 11) is 0. The van der Waals surface area contributed by atoms with E-state index in [1.807, 2.05) is 18.2 Å². The smallest absolute Gasteiger partial charge is 0.315 e. The van der Waals surface area contributed by atoms with Crippen LogP contribution in [0.25, 0.3) is 11.4 Å². The Labute approximate surface area is 143 Å². The van der Waals surface area contributed by atoms with Crippen LogP contribution in [0.4, 0.5) is 0 Å². The van der Waals surface area contributed by atoms with E-state index in [9.17, 15) is 9.90 Å². The molecule has 1 aliphatic heterocycles. The Morgan fingerprint density at radius 3 is 2.79 bits per heavy atom. The highest BCUT2D eigenvalue weighted by Crippen LogP contribution is 2.49. The highest BCUT2D eigenvalue weighted by molar-refractivity contribution is 8.03. The lowest BCUT2D eigenvalue weighted by atomic mass is 9.84. The lowest BCUT2D eigenvalue weighted by molar-refractivity contribution is -0.137. The molecule has 4 rings (SSSR count). The zero-order valence-corrected chi connectivity index (χ0v) is 14.0. The first-order chi connectivity index (χ1) is 11.7. The van der Waals surface area contributed by atoms with Crippen molar-refractivity contribution in [1.82, 2.24) is 20.6 Å². The van der Waals surface area contributed by atoms with Crippen molar-refractivity contribution >= 4 is 17.7 Å². The van der Waals surface area contributed by atoms with E-state index >= 15 is 0 Å². The van der Waals surface area contributed by atoms with Crippen LogP contribution in [0.15, 0.2) is 33.6 Å². The molecular formula is C17H18N4O2S. The van der Waals surface area contributed by atoms with Gasteiger partial charge in [-0.15, -0.1) is 10.2 Å². The Kier molecular flexibility index (Phi) is 4.10. The van der Waals surface area contributed by atoms with E-state index in [-0.39, 0.29) is 0 Å². The van der Waals surface area contributed by atoms with Gasteiger partial charge in [-0.1, -0.05) is 36.7 Å². The van der Waals surface area contributed by atoms with Crippen LogP contribution >= 0.6 is 11.8 Å². The van der Waals surface area contributed by atoms with Crippen LogP contribution in [0.1, 0.15) is 50.0 Å². The number of aliphatic carboxylic acids is 1. The largest absolute Gasteiger partial charge is 0.481 e. The molecule has 0 saturated carbocycles. The summed E-state index contributed by atoms with van der Waals surface area (Å²) in [4.78, 5) is 14.3. The average molecular weight is 342 g/mol. The molecule has 1 aromatic heterocycles. The molecule has 24 heavy (non-hydrogen) atoms. The molecule has 0 radical (unpaired) electrons. The minimum Gasteiger partial charge on any atom is -0.481 e. The summed E-state index contributed by atoms with van der Waals surface area (Å²) in [6, 6.07) is 5.79. The highest BCUT2D eigenvalue weighted by atomic mass is 32.2. The summed E-state index contributed by atoms with van der Waals surface area (Å²) < 4.78 is 0. The average Bonchev–Trinajstić information content (AvgIpc) is 3.08. The number of carbonyl (C=O) groups is 1. The minimum atomic E-state index is -0.753. The summed E-state index contributed by atoms with van der Waals surface area (Å²) in [5.41, 5.74) is 2.86. The first kappa shape index (κ1) is 15.4. The summed E-state index contributed by atoms with van der Waals surface area (Å²) in [5, 5.41) is 23.9. The fourth-order valence-corrected chi connectivity index (χ4v) is 4.92. The molecule has 6 nitrogen and oxygen atoms in total. The van der Waals surface area contributed by atoms with E-state index in [4.69, 9.17) is 0 Å². The maximum atomic E-state index is 12.0. The van der Waals surface area contributed by atoms with Crippen LogP contribution < -0.4 is 0 Å². The maximum Gasteiger partial charge on any atom is 0.315 e. The Balaban J connectivity index is 1.79. The number of tetrazole rings is 1. The molecule has 0 amide bonds. The third-order valence-corrected chi connectivity index (χ3v) is 6.00. The first-order valence-corrected chi connectivity index (χ1v) is 9.06. The third kappa shape index (κ3) is 2.73. The molecule has 0 spiro atoms. The van der Waals surface area contributed by atoms with Crippen molar-refractivity contribution in [2.45, 2.75) is 49.3 Å². The summed E-state index contributed by atoms with van der Waals surface area (Å²) in [6.45, 7) is 0. The van der Waals surface area contributed by atoms with Gasteiger partial charge >= 0.3 is 5.97 Å². The number of fused-ring (bicyclic) bond motifs is 1. The lowest BCUT2D eigenvalue weighted by Crippen LogP contribution is -2.20. The van der Waals surface area contributed by atoms with E-state index < -0.39 is 11.9 Å². The number of aromatic nitrogens is 4. The number of nitrogens with one attached hydrogen (secondary N) is 1. The number of hydrogen-bond acceptors (Lipinski definition) is 5. The van der Waals surface area contributed by atoms with Crippen LogP contribution in [0.3, 0.4) is 0 Å². The van der Waals surface area contributed by atoms with Crippen molar-refractivity contribution in [3.63, 3.8) is 0 Å². The number of carboxylic acids is 1. The summed E-state index contributed by atoms with van der Waals surface area (Å²) >= 11 is 1.73. The number of thioether (sulfide) groups is 1. The van der Waals surface area contributed by atoms with Gasteiger partial charge in [0.2, 0.25) is 5.82 Å². The summed E-state index contributed by atoms with van der Waals surface area (Å²) in [6.07, 6.45) is 6.51. The molecule has 0 saturated heterocycles. The molecule has 1 aliphatic carbocycles. The molecular weight excluding hydrogens is 324 g/mol. The molecule has 1 atom stereocenters. The van der Waals surface area contributed by atoms with Crippen LogP contribution in [0.5, 0.6) is 0 Å². The zero-order chi connectivity index (χ0) is 16.5. The minimum absolute atomic E-state index is 0.520. The molecule has 2 aromatic rings. The normalized spacial score (nSPS) is 20.8. The van der Waals surface area contributed by atoms with Crippen molar-refractivity contribution in [3.05, 3.63) is 34.2 Å². The quantitative estimate of drug-likeness (QED) is 0.863. The monoisotopic (exact) mass is 342 g/mol. The van der Waals surface area contributed by atoms with Crippen molar-refractivity contribution in [2.75, 3.05) is 0 Å². The van der Waals surface area contributed by atoms with Gasteiger partial charge in [0.05, 0.1) is 0 Å². The number of rotatable bonds is 2. The predicted molar refractivity (Wildman–Crippen MR) is 90.6 cm³/mol. The first-order valence-electron chi connectivity index (χ1n) is 8.24. The number of nitrogens with zero attached hydrogens (tertiary/aromatic N) is 3. The number of aromatic amines is 1. The number of hydrogen-bond donors (Lipinski definition) is 2. The van der Waals surface area contributed by atoms with Gasteiger partial charge in [0.15, 0.2) is 0 Å². The fraction of sp³-hybridized carbons (Fsp3) is 0.412. The van der Waals surface area contributed by atoms with Gasteiger partial charge in [0, 0.05) is 10.5 Å². The van der Waals surface area contributed by atoms with Crippen LogP contribution in [0, 0.1) is 0 Å². The van der Waals surface area contributed by atoms with Crippen LogP contribution in [0.2, 0.25) is 0 Å². The predicted octanol–water partition coefficient (Wildman–Crippen LogP) is 3.75. The van der Waals surface area contributed by atoms with Crippen LogP contribution in [-0.4, -0.2) is 31.7 Å². The van der Waals surface area contributed by atoms with E-state index in [0.29, 0.717) is 5.82 Å². The molecule has 2 aliphatic rings. The standard InChI is InChI=1S/C17H18N4O2S/c22-17(23)15-11-5-3-1-2-4-6-13(11)24-14-9-10(7-8-12(14)15)16-18-20-21-19-16/h7-9,15H,1-6H2,(H,22,23)(H,18,19,20,21). The molecule has 124 valence electrons. The van der Waals surface area contributed by atoms with E-state index in [0.717, 1.165) is 47.3 Å². The lowest BCUT2D eigenvalue weighted by Gasteiger charge is -2.29. The second-order valence-corrected chi connectivity index (χ2v) is 7.36. The van der Waals surface area contributed by atoms with E-state index in [1.165, 1.54) is 17.7 Å². The Bertz CT molecular complexity index is 801. The Morgan fingerprint density at radius 1 is 1.21 bits per heavy atom. The topological polar surface area (TPSA) is 91.8 Å². The Morgan fingerprint density at radius 2 is 2.04 bits per heavy atom. The Hall–Kier alpha value is -2.15.